The fourth-order valence-corrected chi connectivity index (χ4v) is 2.12. The van der Waals surface area contributed by atoms with Crippen LogP contribution in [-0.4, -0.2) is 14.6 Å². The topological polar surface area (TPSA) is 56.2 Å². The number of nitrogen functional groups attached to an aromatic ring is 1. The maximum atomic E-state index is 13.5. The van der Waals surface area contributed by atoms with E-state index in [1.165, 1.54) is 16.6 Å². The number of aromatic nitrogens is 3. The van der Waals surface area contributed by atoms with Gasteiger partial charge >= 0.3 is 0 Å². The molecule has 3 rings (SSSR count). The highest BCUT2D eigenvalue weighted by atomic mass is 35.5. The number of rotatable bonds is 1. The average molecular weight is 277 g/mol. The Morgan fingerprint density at radius 2 is 2.11 bits per heavy atom. The molecule has 0 saturated carbocycles. The molecule has 0 amide bonds. The molecule has 1 aromatic carbocycles. The lowest BCUT2D eigenvalue weighted by molar-refractivity contribution is 0.628. The standard InChI is InChI=1S/C13H10ClFN4/c1-7-9(5-8(15)6-10(7)16)13-17-12-4-2-3-11(14)19(12)18-13/h2-6H,16H2,1H3. The fourth-order valence-electron chi connectivity index (χ4n) is 1.92. The summed E-state index contributed by atoms with van der Waals surface area (Å²) < 4.78 is 15.0. The first-order valence-corrected chi connectivity index (χ1v) is 6.01. The Morgan fingerprint density at radius 3 is 2.84 bits per heavy atom. The molecule has 4 nitrogen and oxygen atoms in total. The molecule has 19 heavy (non-hydrogen) atoms. The molecule has 6 heteroatoms. The minimum atomic E-state index is -0.414. The van der Waals surface area contributed by atoms with Crippen molar-refractivity contribution in [3.05, 3.63) is 46.9 Å². The number of nitrogens with two attached hydrogens (primary N) is 1. The average Bonchev–Trinajstić information content (AvgIpc) is 2.79. The molecule has 0 saturated heterocycles. The normalized spacial score (nSPS) is 11.1. The maximum absolute atomic E-state index is 13.5. The number of anilines is 1. The molecule has 0 atom stereocenters. The summed E-state index contributed by atoms with van der Waals surface area (Å²) in [4.78, 5) is 4.33. The van der Waals surface area contributed by atoms with Gasteiger partial charge in [-0.2, -0.15) is 0 Å². The number of hydrogen-bond acceptors (Lipinski definition) is 3. The van der Waals surface area contributed by atoms with Gasteiger partial charge in [0.2, 0.25) is 0 Å². The zero-order chi connectivity index (χ0) is 13.6. The van der Waals surface area contributed by atoms with Crippen molar-refractivity contribution in [1.82, 2.24) is 14.6 Å². The number of pyridine rings is 1. The van der Waals surface area contributed by atoms with E-state index in [1.807, 2.05) is 0 Å². The number of benzene rings is 1. The van der Waals surface area contributed by atoms with Gasteiger partial charge in [-0.1, -0.05) is 17.7 Å². The van der Waals surface area contributed by atoms with Crippen LogP contribution < -0.4 is 5.73 Å². The van der Waals surface area contributed by atoms with Crippen molar-refractivity contribution in [3.63, 3.8) is 0 Å². The molecule has 3 aromatic rings. The Hall–Kier alpha value is -2.14. The number of hydrogen-bond donors (Lipinski definition) is 1. The van der Waals surface area contributed by atoms with Gasteiger partial charge in [0, 0.05) is 11.3 Å². The molecule has 0 bridgehead atoms. The van der Waals surface area contributed by atoms with E-state index in [-0.39, 0.29) is 0 Å². The third kappa shape index (κ3) is 1.92. The van der Waals surface area contributed by atoms with Crippen molar-refractivity contribution >= 4 is 22.9 Å². The molecule has 0 aliphatic heterocycles. The summed E-state index contributed by atoms with van der Waals surface area (Å²) in [6.45, 7) is 1.80. The summed E-state index contributed by atoms with van der Waals surface area (Å²) >= 11 is 6.02. The highest BCUT2D eigenvalue weighted by molar-refractivity contribution is 6.29. The quantitative estimate of drug-likeness (QED) is 0.549. The summed E-state index contributed by atoms with van der Waals surface area (Å²) in [6, 6.07) is 7.92. The summed E-state index contributed by atoms with van der Waals surface area (Å²) in [6.07, 6.45) is 0. The van der Waals surface area contributed by atoms with Gasteiger partial charge in [-0.25, -0.2) is 13.9 Å². The molecule has 2 heterocycles. The minimum absolute atomic E-state index is 0.375. The van der Waals surface area contributed by atoms with Crippen molar-refractivity contribution in [2.24, 2.45) is 0 Å². The van der Waals surface area contributed by atoms with E-state index >= 15 is 0 Å². The third-order valence-corrected chi connectivity index (χ3v) is 3.25. The molecule has 0 spiro atoms. The van der Waals surface area contributed by atoms with Crippen molar-refractivity contribution in [2.75, 3.05) is 5.73 Å². The van der Waals surface area contributed by atoms with Crippen LogP contribution >= 0.6 is 11.6 Å². The summed E-state index contributed by atoms with van der Waals surface area (Å²) in [5, 5.41) is 4.72. The lowest BCUT2D eigenvalue weighted by Gasteiger charge is -2.05. The van der Waals surface area contributed by atoms with E-state index in [9.17, 15) is 4.39 Å². The van der Waals surface area contributed by atoms with E-state index in [0.29, 0.717) is 27.9 Å². The predicted octanol–water partition coefficient (Wildman–Crippen LogP) is 3.08. The van der Waals surface area contributed by atoms with Gasteiger partial charge in [-0.15, -0.1) is 5.10 Å². The van der Waals surface area contributed by atoms with Crippen LogP contribution in [0, 0.1) is 12.7 Å². The molecular weight excluding hydrogens is 267 g/mol. The second kappa shape index (κ2) is 4.20. The van der Waals surface area contributed by atoms with Gasteiger partial charge < -0.3 is 5.73 Å². The molecule has 0 unspecified atom stereocenters. The first-order valence-electron chi connectivity index (χ1n) is 5.63. The summed E-state index contributed by atoms with van der Waals surface area (Å²) in [5.74, 6) is -0.0140. The molecule has 0 fully saturated rings. The second-order valence-electron chi connectivity index (χ2n) is 4.22. The van der Waals surface area contributed by atoms with Crippen LogP contribution in [-0.2, 0) is 0 Å². The highest BCUT2D eigenvalue weighted by Gasteiger charge is 2.13. The molecule has 96 valence electrons. The Balaban J connectivity index is 2.28. The van der Waals surface area contributed by atoms with Gasteiger partial charge in [0.25, 0.3) is 0 Å². The van der Waals surface area contributed by atoms with E-state index in [2.05, 4.69) is 10.1 Å². The number of halogens is 2. The highest BCUT2D eigenvalue weighted by Crippen LogP contribution is 2.27. The van der Waals surface area contributed by atoms with Crippen molar-refractivity contribution in [2.45, 2.75) is 6.92 Å². The molecule has 2 N–H and O–H groups in total. The van der Waals surface area contributed by atoms with Crippen LogP contribution in [0.4, 0.5) is 10.1 Å². The first kappa shape index (κ1) is 11.9. The predicted molar refractivity (Wildman–Crippen MR) is 72.5 cm³/mol. The van der Waals surface area contributed by atoms with E-state index in [0.717, 1.165) is 5.56 Å². The van der Waals surface area contributed by atoms with E-state index < -0.39 is 5.82 Å². The minimum Gasteiger partial charge on any atom is -0.398 e. The smallest absolute Gasteiger partial charge is 0.182 e. The van der Waals surface area contributed by atoms with Crippen LogP contribution in [0.5, 0.6) is 0 Å². The van der Waals surface area contributed by atoms with E-state index in [4.69, 9.17) is 17.3 Å². The van der Waals surface area contributed by atoms with Crippen molar-refractivity contribution in [1.29, 1.82) is 0 Å². The lowest BCUT2D eigenvalue weighted by atomic mass is 10.1. The largest absolute Gasteiger partial charge is 0.398 e. The van der Waals surface area contributed by atoms with E-state index in [1.54, 1.807) is 25.1 Å². The SMILES string of the molecule is Cc1c(N)cc(F)cc1-c1nc2cccc(Cl)n2n1. The second-order valence-corrected chi connectivity index (χ2v) is 4.61. The Morgan fingerprint density at radius 1 is 1.32 bits per heavy atom. The monoisotopic (exact) mass is 276 g/mol. The molecule has 0 aliphatic carbocycles. The van der Waals surface area contributed by atoms with Crippen LogP contribution in [0.3, 0.4) is 0 Å². The van der Waals surface area contributed by atoms with Gasteiger partial charge in [0.15, 0.2) is 11.5 Å². The summed E-state index contributed by atoms with van der Waals surface area (Å²) in [5.41, 5.74) is 8.04. The van der Waals surface area contributed by atoms with Crippen molar-refractivity contribution in [3.8, 4) is 11.4 Å². The van der Waals surface area contributed by atoms with Crippen LogP contribution in [0.25, 0.3) is 17.0 Å². The first-order chi connectivity index (χ1) is 9.06. The Kier molecular flexibility index (Phi) is 2.64. The Labute approximate surface area is 113 Å². The van der Waals surface area contributed by atoms with Gasteiger partial charge in [0.1, 0.15) is 11.0 Å². The van der Waals surface area contributed by atoms with Gasteiger partial charge in [-0.3, -0.25) is 0 Å². The van der Waals surface area contributed by atoms with Crippen molar-refractivity contribution < 1.29 is 4.39 Å². The number of fused-ring (bicyclic) bond motifs is 1. The fraction of sp³-hybridized carbons (Fsp3) is 0.0769. The Bertz CT molecular complexity index is 782. The maximum Gasteiger partial charge on any atom is 0.182 e. The van der Waals surface area contributed by atoms with Crippen LogP contribution in [0.2, 0.25) is 5.15 Å². The van der Waals surface area contributed by atoms with Crippen LogP contribution in [0.15, 0.2) is 30.3 Å². The number of nitrogens with zero attached hydrogens (tertiary/aromatic N) is 3. The zero-order valence-electron chi connectivity index (χ0n) is 10.1. The third-order valence-electron chi connectivity index (χ3n) is 2.97. The molecule has 0 radical (unpaired) electrons. The molecular formula is C13H10ClFN4. The van der Waals surface area contributed by atoms with Gasteiger partial charge in [-0.05, 0) is 36.8 Å². The lowest BCUT2D eigenvalue weighted by Crippen LogP contribution is -1.96. The molecule has 2 aromatic heterocycles. The van der Waals surface area contributed by atoms with Gasteiger partial charge in [0.05, 0.1) is 0 Å². The summed E-state index contributed by atoms with van der Waals surface area (Å²) in [7, 11) is 0. The molecule has 0 aliphatic rings. The van der Waals surface area contributed by atoms with Crippen LogP contribution in [0.1, 0.15) is 5.56 Å². The zero-order valence-corrected chi connectivity index (χ0v) is 10.8.